The van der Waals surface area contributed by atoms with Crippen LogP contribution >= 0.6 is 0 Å². The Labute approximate surface area is 71.2 Å². The van der Waals surface area contributed by atoms with Crippen molar-refractivity contribution in [2.45, 2.75) is 6.42 Å². The molecule has 0 spiro atoms. The van der Waals surface area contributed by atoms with Crippen molar-refractivity contribution in [3.8, 4) is 0 Å². The Hall–Kier alpha value is -1.57. The van der Waals surface area contributed by atoms with Gasteiger partial charge in [-0.15, -0.1) is 0 Å². The van der Waals surface area contributed by atoms with Crippen molar-refractivity contribution >= 4 is 5.97 Å². The van der Waals surface area contributed by atoms with Crippen molar-refractivity contribution in [1.29, 1.82) is 0 Å². The summed E-state index contributed by atoms with van der Waals surface area (Å²) in [6, 6.07) is 8.53. The van der Waals surface area contributed by atoms with Gasteiger partial charge in [0.15, 0.2) is 0 Å². The van der Waals surface area contributed by atoms with Crippen molar-refractivity contribution in [3.05, 3.63) is 48.0 Å². The van der Waals surface area contributed by atoms with E-state index in [1.54, 1.807) is 0 Å². The molecule has 1 aliphatic carbocycles. The lowest BCUT2D eigenvalue weighted by Crippen LogP contribution is -1.82. The molecule has 0 heterocycles. The van der Waals surface area contributed by atoms with Crippen molar-refractivity contribution < 1.29 is 9.90 Å². The van der Waals surface area contributed by atoms with Crippen molar-refractivity contribution in [3.63, 3.8) is 0 Å². The third kappa shape index (κ3) is 2.58. The normalized spacial score (nSPS) is 10.3. The standard InChI is InChI=1S/C7H6.C3H4O2/c1-2-4-7-5-6(7)3-1;1-2-3(4)5/h1-4H,5H2;2H,1H2,(H,4,5). The van der Waals surface area contributed by atoms with Crippen molar-refractivity contribution in [2.75, 3.05) is 0 Å². The third-order valence-electron chi connectivity index (χ3n) is 1.55. The molecule has 1 N–H and O–H groups in total. The highest BCUT2D eigenvalue weighted by Gasteiger charge is 2.12. The van der Waals surface area contributed by atoms with Gasteiger partial charge < -0.3 is 5.11 Å². The summed E-state index contributed by atoms with van der Waals surface area (Å²) in [5.74, 6) is -0.981. The lowest BCUT2D eigenvalue weighted by molar-refractivity contribution is -0.131. The van der Waals surface area contributed by atoms with Crippen LogP contribution in [0, 0.1) is 0 Å². The van der Waals surface area contributed by atoms with Gasteiger partial charge in [0.2, 0.25) is 0 Å². The molecular weight excluding hydrogens is 152 g/mol. The Morgan fingerprint density at radius 1 is 1.42 bits per heavy atom. The van der Waals surface area contributed by atoms with E-state index >= 15 is 0 Å². The summed E-state index contributed by atoms with van der Waals surface area (Å²) in [7, 11) is 0. The maximum absolute atomic E-state index is 9.25. The van der Waals surface area contributed by atoms with Crippen LogP contribution in [0.25, 0.3) is 0 Å². The topological polar surface area (TPSA) is 37.3 Å². The molecule has 0 saturated heterocycles. The molecule has 0 radical (unpaired) electrons. The monoisotopic (exact) mass is 162 g/mol. The van der Waals surface area contributed by atoms with Gasteiger partial charge in [-0.2, -0.15) is 0 Å². The first-order valence-electron chi connectivity index (χ1n) is 3.66. The second kappa shape index (κ2) is 3.72. The smallest absolute Gasteiger partial charge is 0.327 e. The predicted octanol–water partition coefficient (Wildman–Crippen LogP) is 1.85. The zero-order valence-electron chi connectivity index (χ0n) is 6.66. The first-order chi connectivity index (χ1) is 5.74. The first-order valence-corrected chi connectivity index (χ1v) is 3.66. The lowest BCUT2D eigenvalue weighted by Gasteiger charge is -1.69. The van der Waals surface area contributed by atoms with Crippen LogP contribution in [0.4, 0.5) is 0 Å². The largest absolute Gasteiger partial charge is 0.478 e. The lowest BCUT2D eigenvalue weighted by atomic mass is 10.4. The van der Waals surface area contributed by atoms with E-state index in [0.717, 1.165) is 6.08 Å². The highest BCUT2D eigenvalue weighted by Crippen LogP contribution is 2.25. The molecule has 2 rings (SSSR count). The number of aliphatic carboxylic acids is 1. The van der Waals surface area contributed by atoms with Gasteiger partial charge in [-0.3, -0.25) is 0 Å². The number of carbonyl (C=O) groups is 1. The average molecular weight is 162 g/mol. The molecule has 0 fully saturated rings. The summed E-state index contributed by atoms with van der Waals surface area (Å²) < 4.78 is 0. The fourth-order valence-corrected chi connectivity index (χ4v) is 0.836. The van der Waals surface area contributed by atoms with E-state index in [9.17, 15) is 4.79 Å². The van der Waals surface area contributed by atoms with Crippen LogP contribution in [0.5, 0.6) is 0 Å². The highest BCUT2D eigenvalue weighted by molar-refractivity contribution is 5.78. The van der Waals surface area contributed by atoms with E-state index in [0.29, 0.717) is 0 Å². The quantitative estimate of drug-likeness (QED) is 0.650. The third-order valence-corrected chi connectivity index (χ3v) is 1.55. The molecule has 1 aromatic rings. The average Bonchev–Trinajstić information content (AvgIpc) is 2.83. The zero-order valence-corrected chi connectivity index (χ0v) is 6.66. The first kappa shape index (κ1) is 8.53. The van der Waals surface area contributed by atoms with Gasteiger partial charge in [0.25, 0.3) is 0 Å². The van der Waals surface area contributed by atoms with Gasteiger partial charge in [-0.1, -0.05) is 30.8 Å². The van der Waals surface area contributed by atoms with E-state index in [1.165, 1.54) is 17.5 Å². The Morgan fingerprint density at radius 2 is 1.83 bits per heavy atom. The minimum atomic E-state index is -0.981. The molecule has 1 aromatic carbocycles. The van der Waals surface area contributed by atoms with Crippen LogP contribution in [-0.4, -0.2) is 11.1 Å². The van der Waals surface area contributed by atoms with Gasteiger partial charge in [0.05, 0.1) is 0 Å². The van der Waals surface area contributed by atoms with Gasteiger partial charge in [-0.25, -0.2) is 4.79 Å². The summed E-state index contributed by atoms with van der Waals surface area (Å²) in [5, 5.41) is 7.60. The van der Waals surface area contributed by atoms with Crippen LogP contribution in [0.15, 0.2) is 36.9 Å². The van der Waals surface area contributed by atoms with Crippen molar-refractivity contribution in [2.24, 2.45) is 0 Å². The molecule has 1 aliphatic rings. The molecular formula is C10H10O2. The maximum Gasteiger partial charge on any atom is 0.327 e. The zero-order chi connectivity index (χ0) is 8.97. The Morgan fingerprint density at radius 3 is 2.08 bits per heavy atom. The number of carboxylic acid groups (broad SMARTS) is 1. The summed E-state index contributed by atoms with van der Waals surface area (Å²) in [6.07, 6.45) is 2.08. The fourth-order valence-electron chi connectivity index (χ4n) is 0.836. The molecule has 0 aliphatic heterocycles. The van der Waals surface area contributed by atoms with Gasteiger partial charge >= 0.3 is 5.97 Å². The molecule has 0 saturated carbocycles. The minimum absolute atomic E-state index is 0.833. The Balaban J connectivity index is 0.000000130. The number of benzene rings is 1. The number of rotatable bonds is 1. The van der Waals surface area contributed by atoms with Crippen LogP contribution < -0.4 is 0 Å². The molecule has 0 unspecified atom stereocenters. The second-order valence-electron chi connectivity index (χ2n) is 2.49. The summed E-state index contributed by atoms with van der Waals surface area (Å²) in [4.78, 5) is 9.25. The fraction of sp³-hybridized carbons (Fsp3) is 0.100. The number of carboxylic acids is 1. The van der Waals surface area contributed by atoms with E-state index in [-0.39, 0.29) is 0 Å². The summed E-state index contributed by atoms with van der Waals surface area (Å²) >= 11 is 0. The summed E-state index contributed by atoms with van der Waals surface area (Å²) in [6.45, 7) is 2.96. The van der Waals surface area contributed by atoms with Crippen LogP contribution in [0.2, 0.25) is 0 Å². The van der Waals surface area contributed by atoms with E-state index < -0.39 is 5.97 Å². The van der Waals surface area contributed by atoms with E-state index in [4.69, 9.17) is 5.11 Å². The van der Waals surface area contributed by atoms with Crippen LogP contribution in [-0.2, 0) is 11.2 Å². The molecule has 0 bridgehead atoms. The number of fused-ring (bicyclic) bond motifs is 1. The molecule has 62 valence electrons. The number of hydrogen-bond acceptors (Lipinski definition) is 1. The minimum Gasteiger partial charge on any atom is -0.478 e. The predicted molar refractivity (Wildman–Crippen MR) is 47.1 cm³/mol. The molecule has 2 nitrogen and oxygen atoms in total. The highest BCUT2D eigenvalue weighted by atomic mass is 16.4. The molecule has 0 aromatic heterocycles. The molecule has 12 heavy (non-hydrogen) atoms. The maximum atomic E-state index is 9.25. The summed E-state index contributed by atoms with van der Waals surface area (Å²) in [5.41, 5.74) is 3.06. The van der Waals surface area contributed by atoms with Crippen LogP contribution in [0.3, 0.4) is 0 Å². The van der Waals surface area contributed by atoms with Gasteiger partial charge in [0.1, 0.15) is 0 Å². The Bertz CT molecular complexity index is 281. The van der Waals surface area contributed by atoms with Gasteiger partial charge in [0, 0.05) is 6.08 Å². The van der Waals surface area contributed by atoms with Gasteiger partial charge in [-0.05, 0) is 17.5 Å². The molecule has 2 heteroatoms. The van der Waals surface area contributed by atoms with E-state index in [2.05, 4.69) is 30.8 Å². The SMILES string of the molecule is C=CC(=O)O.c1ccc2c(c1)C2. The molecule has 0 amide bonds. The number of hydrogen-bond donors (Lipinski definition) is 1. The molecule has 0 atom stereocenters. The van der Waals surface area contributed by atoms with Crippen molar-refractivity contribution in [1.82, 2.24) is 0 Å². The van der Waals surface area contributed by atoms with Crippen LogP contribution in [0.1, 0.15) is 11.1 Å². The van der Waals surface area contributed by atoms with E-state index in [1.807, 2.05) is 0 Å². The second-order valence-corrected chi connectivity index (χ2v) is 2.49. The Kier molecular flexibility index (Phi) is 2.64.